The van der Waals surface area contributed by atoms with Crippen molar-refractivity contribution < 1.29 is 33.4 Å². The second-order valence-electron chi connectivity index (χ2n) is 15.3. The van der Waals surface area contributed by atoms with Gasteiger partial charge in [-0.25, -0.2) is 14.6 Å². The predicted octanol–water partition coefficient (Wildman–Crippen LogP) is 8.55. The second-order valence-corrected chi connectivity index (χ2v) is 16.3. The maximum Gasteiger partial charge on any atom is 0.407 e. The van der Waals surface area contributed by atoms with Crippen LogP contribution in [0.15, 0.2) is 47.8 Å². The lowest BCUT2D eigenvalue weighted by atomic mass is 9.83. The molecule has 1 saturated carbocycles. The van der Waals surface area contributed by atoms with E-state index >= 15 is 0 Å². The van der Waals surface area contributed by atoms with Gasteiger partial charge in [-0.1, -0.05) is 31.4 Å². The number of methoxy groups -OCH3 is 1. The molecule has 0 atom stereocenters. The molecule has 3 amide bonds. The van der Waals surface area contributed by atoms with Gasteiger partial charge in [0.15, 0.2) is 5.69 Å². The minimum atomic E-state index is -0.742. The molecule has 0 radical (unpaired) electrons. The summed E-state index contributed by atoms with van der Waals surface area (Å²) in [4.78, 5) is 59.3. The molecule has 11 nitrogen and oxygen atoms in total. The summed E-state index contributed by atoms with van der Waals surface area (Å²) in [5, 5.41) is 11.1. The summed E-state index contributed by atoms with van der Waals surface area (Å²) in [5.74, 6) is -0.961. The molecule has 0 bridgehead atoms. The van der Waals surface area contributed by atoms with E-state index < -0.39 is 23.6 Å². The molecule has 2 aliphatic rings. The van der Waals surface area contributed by atoms with Crippen LogP contribution in [0.4, 0.5) is 10.5 Å². The Morgan fingerprint density at radius 2 is 1.65 bits per heavy atom. The Balaban J connectivity index is 1.39. The zero-order valence-corrected chi connectivity index (χ0v) is 32.8. The van der Waals surface area contributed by atoms with Crippen LogP contribution in [0.3, 0.4) is 0 Å². The molecule has 284 valence electrons. The van der Waals surface area contributed by atoms with Gasteiger partial charge in [0.2, 0.25) is 0 Å². The zero-order chi connectivity index (χ0) is 38.8. The smallest absolute Gasteiger partial charge is 0.407 e. The number of hydrogen-bond acceptors (Lipinski definition) is 9. The van der Waals surface area contributed by atoms with Crippen LogP contribution < -0.4 is 20.7 Å². The number of alkyl carbamates (subject to hydrolysis) is 1. The van der Waals surface area contributed by atoms with E-state index in [-0.39, 0.29) is 34.9 Å². The fourth-order valence-corrected chi connectivity index (χ4v) is 8.18. The number of amides is 3. The molecule has 0 spiro atoms. The summed E-state index contributed by atoms with van der Waals surface area (Å²) in [6.07, 6.45) is 5.12. The fourth-order valence-electron chi connectivity index (χ4n) is 7.20. The molecular weight excluding hydrogens is 705 g/mol. The number of hydrogen-bond donors (Lipinski definition) is 3. The summed E-state index contributed by atoms with van der Waals surface area (Å²) in [6.45, 7) is 11.9. The Bertz CT molecular complexity index is 2090. The number of rotatable bonds is 8. The number of aryl methyl sites for hydroxylation is 2. The van der Waals surface area contributed by atoms with Crippen molar-refractivity contribution in [1.29, 1.82) is 0 Å². The predicted molar refractivity (Wildman–Crippen MR) is 209 cm³/mol. The largest absolute Gasteiger partial charge is 0.493 e. The topological polar surface area (TPSA) is 145 Å². The maximum absolute atomic E-state index is 14.5. The zero-order valence-electron chi connectivity index (χ0n) is 32.0. The number of nitrogens with zero attached hydrogens (tertiary/aromatic N) is 1. The summed E-state index contributed by atoms with van der Waals surface area (Å²) < 4.78 is 16.8. The first-order valence-corrected chi connectivity index (χ1v) is 19.2. The van der Waals surface area contributed by atoms with Gasteiger partial charge in [0.05, 0.1) is 13.7 Å². The highest BCUT2D eigenvalue weighted by Crippen LogP contribution is 2.43. The third kappa shape index (κ3) is 8.59. The van der Waals surface area contributed by atoms with Gasteiger partial charge in [-0.05, 0) is 112 Å². The van der Waals surface area contributed by atoms with Crippen LogP contribution in [0, 0.1) is 13.8 Å². The summed E-state index contributed by atoms with van der Waals surface area (Å²) in [5.41, 5.74) is 4.97. The molecule has 1 aliphatic carbocycles. The molecule has 1 aliphatic heterocycles. The Labute approximate surface area is 320 Å². The minimum absolute atomic E-state index is 0.0821. The first-order valence-electron chi connectivity index (χ1n) is 18.3. The highest BCUT2D eigenvalue weighted by Gasteiger charge is 2.31. The standard InChI is InChI=1S/C42H48N4O7S/c1-24-19-26(23-43-40(50)53-41(3,4)5)20-25(2)34(24)45-37(47)30-21-31-33(52-17-13-27-14-18-54-36(27)31)22-29(30)28-11-12-32(44-35(28)39(49)51-7)38(48)46-42(6)15-9-8-10-16-42/h11-12,14,18-22H,8-10,13,15-17,23H2,1-7H3,(H,43,50)(H,45,47)(H,46,48). The van der Waals surface area contributed by atoms with Gasteiger partial charge < -0.3 is 30.2 Å². The van der Waals surface area contributed by atoms with Crippen LogP contribution in [-0.4, -0.2) is 53.7 Å². The average molecular weight is 753 g/mol. The van der Waals surface area contributed by atoms with Gasteiger partial charge in [-0.15, -0.1) is 11.3 Å². The summed E-state index contributed by atoms with van der Waals surface area (Å²) in [6, 6.07) is 12.7. The number of carbonyl (C=O) groups is 4. The van der Waals surface area contributed by atoms with E-state index in [9.17, 15) is 19.2 Å². The van der Waals surface area contributed by atoms with Crippen molar-refractivity contribution in [2.24, 2.45) is 0 Å². The number of anilines is 1. The van der Waals surface area contributed by atoms with E-state index in [0.717, 1.165) is 64.8 Å². The Kier molecular flexibility index (Phi) is 11.1. The molecule has 0 unspecified atom stereocenters. The molecule has 1 fully saturated rings. The Hall–Kier alpha value is -5.23. The Morgan fingerprint density at radius 3 is 2.33 bits per heavy atom. The van der Waals surface area contributed by atoms with Crippen LogP contribution in [0.1, 0.15) is 113 Å². The summed E-state index contributed by atoms with van der Waals surface area (Å²) >= 11 is 1.57. The molecule has 2 aromatic heterocycles. The highest BCUT2D eigenvalue weighted by atomic mass is 32.1. The number of benzene rings is 2. The minimum Gasteiger partial charge on any atom is -0.493 e. The van der Waals surface area contributed by atoms with Crippen molar-refractivity contribution in [3.63, 3.8) is 0 Å². The quantitative estimate of drug-likeness (QED) is 0.152. The number of carbonyl (C=O) groups excluding carboxylic acids is 4. The first-order chi connectivity index (χ1) is 25.6. The number of esters is 1. The monoisotopic (exact) mass is 752 g/mol. The van der Waals surface area contributed by atoms with Crippen molar-refractivity contribution in [3.8, 4) is 27.3 Å². The van der Waals surface area contributed by atoms with Gasteiger partial charge in [-0.2, -0.15) is 0 Å². The normalized spacial score (nSPS) is 14.7. The number of fused-ring (bicyclic) bond motifs is 3. The molecule has 0 saturated heterocycles. The van der Waals surface area contributed by atoms with Crippen LogP contribution in [0.2, 0.25) is 0 Å². The van der Waals surface area contributed by atoms with E-state index in [2.05, 4.69) is 27.0 Å². The first kappa shape index (κ1) is 38.5. The van der Waals surface area contributed by atoms with Crippen molar-refractivity contribution in [2.75, 3.05) is 19.0 Å². The van der Waals surface area contributed by atoms with Gasteiger partial charge in [0.25, 0.3) is 11.8 Å². The fraction of sp³-hybridized carbons (Fsp3) is 0.405. The summed E-state index contributed by atoms with van der Waals surface area (Å²) in [7, 11) is 1.26. The second kappa shape index (κ2) is 15.6. The van der Waals surface area contributed by atoms with Crippen molar-refractivity contribution in [1.82, 2.24) is 15.6 Å². The lowest BCUT2D eigenvalue weighted by molar-refractivity contribution is 0.0521. The van der Waals surface area contributed by atoms with Crippen molar-refractivity contribution in [3.05, 3.63) is 87.0 Å². The van der Waals surface area contributed by atoms with Crippen LogP contribution in [-0.2, 0) is 22.4 Å². The number of thiophene rings is 1. The lowest BCUT2D eigenvalue weighted by Crippen LogP contribution is -2.47. The van der Waals surface area contributed by atoms with E-state index in [4.69, 9.17) is 14.2 Å². The van der Waals surface area contributed by atoms with Gasteiger partial charge >= 0.3 is 12.1 Å². The van der Waals surface area contributed by atoms with Crippen LogP contribution in [0.25, 0.3) is 21.6 Å². The average Bonchev–Trinajstić information content (AvgIpc) is 3.52. The molecule has 12 heteroatoms. The third-order valence-corrected chi connectivity index (χ3v) is 10.8. The van der Waals surface area contributed by atoms with Crippen molar-refractivity contribution in [2.45, 2.75) is 97.8 Å². The lowest BCUT2D eigenvalue weighted by Gasteiger charge is -2.34. The number of nitrogens with one attached hydrogen (secondary N) is 3. The molecule has 4 aromatic rings. The molecular formula is C42H48N4O7S. The van der Waals surface area contributed by atoms with Crippen LogP contribution in [0.5, 0.6) is 5.75 Å². The Morgan fingerprint density at radius 1 is 0.926 bits per heavy atom. The van der Waals surface area contributed by atoms with E-state index in [1.807, 2.05) is 38.3 Å². The molecule has 3 heterocycles. The maximum atomic E-state index is 14.5. The van der Waals surface area contributed by atoms with E-state index in [1.54, 1.807) is 56.4 Å². The molecule has 54 heavy (non-hydrogen) atoms. The van der Waals surface area contributed by atoms with Gasteiger partial charge in [-0.3, -0.25) is 9.59 Å². The van der Waals surface area contributed by atoms with Gasteiger partial charge in [0.1, 0.15) is 17.0 Å². The molecule has 6 rings (SSSR count). The SMILES string of the molecule is COC(=O)c1nc(C(=O)NC2(C)CCCCC2)ccc1-c1cc2c(cc1C(=O)Nc1c(C)cc(CNC(=O)OC(C)(C)C)cc1C)-c1sccc1CCO2. The van der Waals surface area contributed by atoms with E-state index in [0.29, 0.717) is 35.6 Å². The van der Waals surface area contributed by atoms with E-state index in [1.165, 1.54) is 7.11 Å². The number of ether oxygens (including phenoxy) is 3. The molecule has 2 aromatic carbocycles. The number of aromatic nitrogens is 1. The van der Waals surface area contributed by atoms with Crippen molar-refractivity contribution >= 4 is 40.9 Å². The van der Waals surface area contributed by atoms with Crippen LogP contribution >= 0.6 is 11.3 Å². The third-order valence-electron chi connectivity index (χ3n) is 9.82. The number of pyridine rings is 1. The molecule has 3 N–H and O–H groups in total. The van der Waals surface area contributed by atoms with Gasteiger partial charge in [0, 0.05) is 51.3 Å². The highest BCUT2D eigenvalue weighted by molar-refractivity contribution is 7.13.